The molecule has 0 saturated heterocycles. The minimum Gasteiger partial charge on any atom is -0.369 e. The molecule has 0 aromatic heterocycles. The average molecular weight is 364 g/mol. The van der Waals surface area contributed by atoms with Crippen molar-refractivity contribution in [1.82, 2.24) is 4.90 Å². The molecule has 2 rings (SSSR count). The molecule has 1 aromatic carbocycles. The van der Waals surface area contributed by atoms with E-state index in [9.17, 15) is 4.79 Å². The lowest BCUT2D eigenvalue weighted by Gasteiger charge is -2.31. The van der Waals surface area contributed by atoms with Gasteiger partial charge in [-0.05, 0) is 37.3 Å². The van der Waals surface area contributed by atoms with Gasteiger partial charge in [0, 0.05) is 24.4 Å². The zero-order chi connectivity index (χ0) is 16.3. The summed E-state index contributed by atoms with van der Waals surface area (Å²) in [4.78, 5) is 17.6. The number of carbonyl (C=O) groups is 1. The lowest BCUT2D eigenvalue weighted by atomic mass is 9.96. The molecule has 0 saturated carbocycles. The maximum atomic E-state index is 11.9. The maximum absolute atomic E-state index is 11.9. The number of halogens is 1. The summed E-state index contributed by atoms with van der Waals surface area (Å²) in [6, 6.07) is 7.64. The highest BCUT2D eigenvalue weighted by atomic mass is 79.9. The Balaban J connectivity index is 2.23. The van der Waals surface area contributed by atoms with Gasteiger partial charge >= 0.3 is 0 Å². The molecule has 0 aliphatic carbocycles. The number of hydrogen-bond acceptors (Lipinski definition) is 5. The van der Waals surface area contributed by atoms with Crippen LogP contribution in [0.25, 0.3) is 0 Å². The van der Waals surface area contributed by atoms with Gasteiger partial charge in [0.15, 0.2) is 5.96 Å². The number of rotatable bonds is 4. The van der Waals surface area contributed by atoms with E-state index in [1.54, 1.807) is 18.3 Å². The summed E-state index contributed by atoms with van der Waals surface area (Å²) in [5, 5.41) is 5.58. The summed E-state index contributed by atoms with van der Waals surface area (Å²) >= 11 is 3.39. The Hall–Kier alpha value is -2.15. The Morgan fingerprint density at radius 3 is 2.68 bits per heavy atom. The molecule has 0 radical (unpaired) electrons. The molecule has 0 fully saturated rings. The quantitative estimate of drug-likeness (QED) is 0.658. The second kappa shape index (κ2) is 6.31. The number of guanidine groups is 1. The predicted molar refractivity (Wildman–Crippen MR) is 92.7 cm³/mol. The van der Waals surface area contributed by atoms with Gasteiger partial charge in [0.1, 0.15) is 0 Å². The molecule has 1 atom stereocenters. The molecule has 22 heavy (non-hydrogen) atoms. The molecule has 1 amide bonds. The Kier molecular flexibility index (Phi) is 4.65. The number of hydrogen-bond donors (Lipinski definition) is 1. The third-order valence-electron chi connectivity index (χ3n) is 3.42. The molecule has 0 unspecified atom stereocenters. The van der Waals surface area contributed by atoms with Crippen molar-refractivity contribution in [1.29, 1.82) is 0 Å². The summed E-state index contributed by atoms with van der Waals surface area (Å²) in [6.07, 6.45) is 3.80. The van der Waals surface area contributed by atoms with Crippen LogP contribution in [0.1, 0.15) is 13.3 Å². The molecule has 0 bridgehead atoms. The molecule has 0 spiro atoms. The number of anilines is 1. The van der Waals surface area contributed by atoms with Gasteiger partial charge in [0.05, 0.1) is 17.6 Å². The largest absolute Gasteiger partial charge is 0.369 e. The van der Waals surface area contributed by atoms with Gasteiger partial charge in [0.2, 0.25) is 5.91 Å². The van der Waals surface area contributed by atoms with Gasteiger partial charge in [-0.3, -0.25) is 9.69 Å². The summed E-state index contributed by atoms with van der Waals surface area (Å²) in [5.74, 6) is 0.145. The van der Waals surface area contributed by atoms with Crippen molar-refractivity contribution >= 4 is 40.2 Å². The lowest BCUT2D eigenvalue weighted by molar-refractivity contribution is -0.127. The van der Waals surface area contributed by atoms with E-state index in [1.165, 1.54) is 4.90 Å². The van der Waals surface area contributed by atoms with E-state index in [0.29, 0.717) is 0 Å². The first-order valence-electron chi connectivity index (χ1n) is 6.67. The monoisotopic (exact) mass is 363 g/mol. The predicted octanol–water partition coefficient (Wildman–Crippen LogP) is 2.32. The van der Waals surface area contributed by atoms with Crippen LogP contribution in [0.3, 0.4) is 0 Å². The van der Waals surface area contributed by atoms with Gasteiger partial charge in [-0.2, -0.15) is 5.10 Å². The van der Waals surface area contributed by atoms with Gasteiger partial charge in [-0.25, -0.2) is 10.0 Å². The second-order valence-electron chi connectivity index (χ2n) is 5.23. The standard InChI is InChI=1S/C15H18BrN5O/c1-15(10-13(22)20(3)14(17)19-15)8-9-21(18-2)12-6-4-11(16)5-7-12/h4-9H,2,10H2,1,3H3,(H2,17,19)/b9-8+/t15-/m1/s1. The van der Waals surface area contributed by atoms with Crippen LogP contribution in [0, 0.1) is 0 Å². The first-order chi connectivity index (χ1) is 10.3. The molecule has 116 valence electrons. The normalized spacial score (nSPS) is 21.9. The first-order valence-corrected chi connectivity index (χ1v) is 7.46. The lowest BCUT2D eigenvalue weighted by Crippen LogP contribution is -2.48. The minimum absolute atomic E-state index is 0.0681. The van der Waals surface area contributed by atoms with Crippen molar-refractivity contribution < 1.29 is 4.79 Å². The van der Waals surface area contributed by atoms with Crippen molar-refractivity contribution in [2.75, 3.05) is 12.1 Å². The van der Waals surface area contributed by atoms with E-state index < -0.39 is 5.54 Å². The molecule has 6 nitrogen and oxygen atoms in total. The number of hydrazone groups is 1. The molecule has 1 aromatic rings. The zero-order valence-electron chi connectivity index (χ0n) is 12.5. The summed E-state index contributed by atoms with van der Waals surface area (Å²) in [5.41, 5.74) is 5.94. The third-order valence-corrected chi connectivity index (χ3v) is 3.94. The van der Waals surface area contributed by atoms with Crippen molar-refractivity contribution in [3.05, 3.63) is 41.0 Å². The van der Waals surface area contributed by atoms with Crippen LogP contribution >= 0.6 is 15.9 Å². The Labute approximate surface area is 138 Å². The van der Waals surface area contributed by atoms with Gasteiger partial charge in [-0.1, -0.05) is 15.9 Å². The van der Waals surface area contributed by atoms with Crippen LogP contribution in [0.2, 0.25) is 0 Å². The summed E-state index contributed by atoms with van der Waals surface area (Å²) < 4.78 is 0.981. The molecule has 1 aliphatic heterocycles. The van der Waals surface area contributed by atoms with Crippen LogP contribution < -0.4 is 10.7 Å². The Morgan fingerprint density at radius 1 is 1.50 bits per heavy atom. The Morgan fingerprint density at radius 2 is 2.14 bits per heavy atom. The zero-order valence-corrected chi connectivity index (χ0v) is 14.1. The number of aliphatic imine (C=N–C) groups is 1. The van der Waals surface area contributed by atoms with Gasteiger partial charge < -0.3 is 5.73 Å². The topological polar surface area (TPSA) is 74.3 Å². The molecular formula is C15H18BrN5O. The van der Waals surface area contributed by atoms with Crippen LogP contribution in [-0.2, 0) is 4.79 Å². The molecular weight excluding hydrogens is 346 g/mol. The molecule has 2 N–H and O–H groups in total. The fourth-order valence-electron chi connectivity index (χ4n) is 2.06. The minimum atomic E-state index is -0.689. The van der Waals surface area contributed by atoms with Crippen LogP contribution in [0.4, 0.5) is 5.69 Å². The van der Waals surface area contributed by atoms with Gasteiger partial charge in [0.25, 0.3) is 0 Å². The van der Waals surface area contributed by atoms with Crippen LogP contribution in [0.5, 0.6) is 0 Å². The van der Waals surface area contributed by atoms with Gasteiger partial charge in [-0.15, -0.1) is 0 Å². The highest BCUT2D eigenvalue weighted by Gasteiger charge is 2.32. The highest BCUT2D eigenvalue weighted by molar-refractivity contribution is 9.10. The van der Waals surface area contributed by atoms with E-state index in [2.05, 4.69) is 32.7 Å². The maximum Gasteiger partial charge on any atom is 0.231 e. The fourth-order valence-corrected chi connectivity index (χ4v) is 2.33. The van der Waals surface area contributed by atoms with E-state index in [4.69, 9.17) is 5.73 Å². The van der Waals surface area contributed by atoms with Crippen molar-refractivity contribution in [3.63, 3.8) is 0 Å². The number of carbonyl (C=O) groups excluding carboxylic acids is 1. The third kappa shape index (κ3) is 3.54. The smallest absolute Gasteiger partial charge is 0.231 e. The van der Waals surface area contributed by atoms with E-state index >= 15 is 0 Å². The molecule has 1 heterocycles. The first kappa shape index (κ1) is 16.2. The molecule has 1 aliphatic rings. The number of benzene rings is 1. The Bertz CT molecular complexity index is 640. The summed E-state index contributed by atoms with van der Waals surface area (Å²) in [6.45, 7) is 5.42. The van der Waals surface area contributed by atoms with Crippen molar-refractivity contribution in [3.8, 4) is 0 Å². The fraction of sp³-hybridized carbons (Fsp3) is 0.267. The highest BCUT2D eigenvalue weighted by Crippen LogP contribution is 2.25. The van der Waals surface area contributed by atoms with E-state index in [1.807, 2.05) is 37.3 Å². The molecule has 7 heteroatoms. The second-order valence-corrected chi connectivity index (χ2v) is 6.15. The number of nitrogens with two attached hydrogens (primary N) is 1. The van der Waals surface area contributed by atoms with Crippen molar-refractivity contribution in [2.24, 2.45) is 15.8 Å². The van der Waals surface area contributed by atoms with Crippen molar-refractivity contribution in [2.45, 2.75) is 18.9 Å². The van der Waals surface area contributed by atoms with E-state index in [-0.39, 0.29) is 18.3 Å². The van der Waals surface area contributed by atoms with Crippen LogP contribution in [-0.4, -0.2) is 36.1 Å². The average Bonchev–Trinajstić information content (AvgIpc) is 2.47. The SMILES string of the molecule is C=NN(/C=C/[C@]1(C)CC(=O)N(C)C(N)=N1)c1ccc(Br)cc1. The number of nitrogens with zero attached hydrogens (tertiary/aromatic N) is 4. The van der Waals surface area contributed by atoms with E-state index in [0.717, 1.165) is 10.2 Å². The van der Waals surface area contributed by atoms with Crippen LogP contribution in [0.15, 0.2) is 51.1 Å². The summed E-state index contributed by atoms with van der Waals surface area (Å²) in [7, 11) is 1.61. The number of amides is 1.